The number of aliphatic hydroxyl groups is 1. The molecular formula is C25H24F2N6O. The Morgan fingerprint density at radius 2 is 1.50 bits per heavy atom. The molecule has 0 unspecified atom stereocenters. The van der Waals surface area contributed by atoms with Gasteiger partial charge in [0.05, 0.1) is 11.7 Å². The Morgan fingerprint density at radius 3 is 2.12 bits per heavy atom. The first-order valence-corrected chi connectivity index (χ1v) is 11.2. The lowest BCUT2D eigenvalue weighted by Gasteiger charge is -2.32. The molecule has 3 heterocycles. The van der Waals surface area contributed by atoms with E-state index in [0.29, 0.717) is 34.6 Å². The van der Waals surface area contributed by atoms with Crippen molar-refractivity contribution >= 4 is 39.9 Å². The first kappa shape index (κ1) is 22.0. The number of nitrogens with zero attached hydrogens (tertiary/aromatic N) is 4. The zero-order valence-corrected chi connectivity index (χ0v) is 18.4. The number of benzene rings is 2. The smallest absolute Gasteiger partial charge is 0.229 e. The molecule has 1 saturated heterocycles. The molecule has 0 spiro atoms. The maximum Gasteiger partial charge on any atom is 0.229 e. The Hall–Kier alpha value is -3.85. The molecule has 0 atom stereocenters. The molecule has 9 heteroatoms. The minimum absolute atomic E-state index is 0.186. The lowest BCUT2D eigenvalue weighted by molar-refractivity contribution is 0.203. The van der Waals surface area contributed by atoms with Gasteiger partial charge >= 0.3 is 0 Å². The minimum Gasteiger partial charge on any atom is -0.396 e. The van der Waals surface area contributed by atoms with Crippen molar-refractivity contribution in [1.82, 2.24) is 15.0 Å². The van der Waals surface area contributed by atoms with Gasteiger partial charge in [0, 0.05) is 36.5 Å². The van der Waals surface area contributed by atoms with E-state index in [4.69, 9.17) is 4.98 Å². The van der Waals surface area contributed by atoms with E-state index in [1.165, 1.54) is 24.3 Å². The second-order valence-electron chi connectivity index (χ2n) is 8.33. The van der Waals surface area contributed by atoms with E-state index < -0.39 is 0 Å². The Morgan fingerprint density at radius 1 is 0.882 bits per heavy atom. The van der Waals surface area contributed by atoms with Crippen molar-refractivity contribution in [3.63, 3.8) is 0 Å². The molecule has 7 nitrogen and oxygen atoms in total. The summed E-state index contributed by atoms with van der Waals surface area (Å²) in [6.07, 6.45) is 3.41. The van der Waals surface area contributed by atoms with Gasteiger partial charge in [-0.15, -0.1) is 0 Å². The molecule has 2 aromatic heterocycles. The summed E-state index contributed by atoms with van der Waals surface area (Å²) in [5.74, 6) is 1.41. The number of aromatic nitrogens is 3. The highest BCUT2D eigenvalue weighted by atomic mass is 19.1. The molecule has 1 aliphatic heterocycles. The molecule has 0 radical (unpaired) electrons. The minimum atomic E-state index is -0.317. The maximum atomic E-state index is 13.3. The zero-order chi connectivity index (χ0) is 23.5. The first-order chi connectivity index (χ1) is 16.6. The summed E-state index contributed by atoms with van der Waals surface area (Å²) in [5, 5.41) is 16.7. The fourth-order valence-electron chi connectivity index (χ4n) is 4.05. The highest BCUT2D eigenvalue weighted by molar-refractivity contribution is 5.92. The third kappa shape index (κ3) is 4.89. The van der Waals surface area contributed by atoms with Gasteiger partial charge in [-0.2, -0.15) is 4.98 Å². The van der Waals surface area contributed by atoms with Gasteiger partial charge in [-0.1, -0.05) is 0 Å². The third-order valence-electron chi connectivity index (χ3n) is 5.95. The number of aliphatic hydroxyl groups excluding tert-OH is 1. The van der Waals surface area contributed by atoms with Crippen molar-refractivity contribution in [2.24, 2.45) is 5.92 Å². The quantitative estimate of drug-likeness (QED) is 0.372. The Labute approximate surface area is 195 Å². The van der Waals surface area contributed by atoms with Crippen LogP contribution in [-0.4, -0.2) is 39.8 Å². The van der Waals surface area contributed by atoms with Gasteiger partial charge in [0.25, 0.3) is 0 Å². The SMILES string of the molecule is OCC1CCN(c2nc(Nc3ccc(F)cc3)nc3cnc(Nc4ccc(F)cc4)cc23)CC1. The molecule has 1 fully saturated rings. The molecule has 3 N–H and O–H groups in total. The highest BCUT2D eigenvalue weighted by Gasteiger charge is 2.22. The van der Waals surface area contributed by atoms with E-state index in [1.807, 2.05) is 6.07 Å². The predicted octanol–water partition coefficient (Wildman–Crippen LogP) is 5.00. The van der Waals surface area contributed by atoms with E-state index >= 15 is 0 Å². The monoisotopic (exact) mass is 462 g/mol. The summed E-state index contributed by atoms with van der Waals surface area (Å²) in [6.45, 7) is 1.71. The number of halogens is 2. The lowest BCUT2D eigenvalue weighted by atomic mass is 9.98. The van der Waals surface area contributed by atoms with Gasteiger partial charge in [0.1, 0.15) is 23.3 Å². The highest BCUT2D eigenvalue weighted by Crippen LogP contribution is 2.31. The maximum absolute atomic E-state index is 13.3. The van der Waals surface area contributed by atoms with Crippen LogP contribution in [0.3, 0.4) is 0 Å². The Bertz CT molecular complexity index is 1280. The van der Waals surface area contributed by atoms with Crippen LogP contribution in [-0.2, 0) is 0 Å². The van der Waals surface area contributed by atoms with Crippen molar-refractivity contribution in [2.75, 3.05) is 35.2 Å². The van der Waals surface area contributed by atoms with Crippen molar-refractivity contribution in [2.45, 2.75) is 12.8 Å². The third-order valence-corrected chi connectivity index (χ3v) is 5.95. The van der Waals surface area contributed by atoms with Gasteiger partial charge < -0.3 is 20.6 Å². The molecule has 1 aliphatic rings. The second-order valence-corrected chi connectivity index (χ2v) is 8.33. The van der Waals surface area contributed by atoms with Crippen LogP contribution in [0.25, 0.3) is 10.9 Å². The summed E-state index contributed by atoms with van der Waals surface area (Å²) in [5.41, 5.74) is 2.05. The topological polar surface area (TPSA) is 86.2 Å². The van der Waals surface area contributed by atoms with Crippen LogP contribution < -0.4 is 15.5 Å². The first-order valence-electron chi connectivity index (χ1n) is 11.2. The van der Waals surface area contributed by atoms with Crippen LogP contribution in [0, 0.1) is 17.6 Å². The van der Waals surface area contributed by atoms with Crippen molar-refractivity contribution < 1.29 is 13.9 Å². The van der Waals surface area contributed by atoms with Gasteiger partial charge in [0.2, 0.25) is 5.95 Å². The number of fused-ring (bicyclic) bond motifs is 1. The van der Waals surface area contributed by atoms with E-state index in [-0.39, 0.29) is 18.2 Å². The molecule has 174 valence electrons. The molecule has 4 aromatic rings. The lowest BCUT2D eigenvalue weighted by Crippen LogP contribution is -2.35. The second kappa shape index (κ2) is 9.56. The van der Waals surface area contributed by atoms with Crippen molar-refractivity contribution in [1.29, 1.82) is 0 Å². The van der Waals surface area contributed by atoms with Crippen LogP contribution >= 0.6 is 0 Å². The van der Waals surface area contributed by atoms with Gasteiger partial charge in [-0.3, -0.25) is 0 Å². The molecule has 2 aromatic carbocycles. The molecule has 0 saturated carbocycles. The van der Waals surface area contributed by atoms with Gasteiger partial charge in [0.15, 0.2) is 0 Å². The molecule has 5 rings (SSSR count). The molecular weight excluding hydrogens is 438 g/mol. The summed E-state index contributed by atoms with van der Waals surface area (Å²) in [4.78, 5) is 16.1. The van der Waals surface area contributed by atoms with Crippen LogP contribution in [0.4, 0.5) is 37.7 Å². The average Bonchev–Trinajstić information content (AvgIpc) is 2.86. The van der Waals surface area contributed by atoms with Crippen LogP contribution in [0.5, 0.6) is 0 Å². The standard InChI is InChI=1S/C25H24F2N6O/c26-17-1-5-19(6-2-17)29-23-13-21-22(14-28-23)31-25(30-20-7-3-18(27)4-8-20)32-24(21)33-11-9-16(15-34)10-12-33/h1-8,13-14,16,34H,9-12,15H2,(H,28,29)(H,30,31,32). The summed E-state index contributed by atoms with van der Waals surface area (Å²) in [7, 11) is 0. The molecule has 0 aliphatic carbocycles. The summed E-state index contributed by atoms with van der Waals surface area (Å²) < 4.78 is 26.6. The number of rotatable bonds is 6. The number of hydrogen-bond donors (Lipinski definition) is 3. The normalized spacial score (nSPS) is 14.4. The van der Waals surface area contributed by atoms with Crippen molar-refractivity contribution in [3.8, 4) is 0 Å². The number of nitrogens with one attached hydrogen (secondary N) is 2. The fraction of sp³-hybridized carbons (Fsp3) is 0.240. The number of pyridine rings is 1. The fourth-order valence-corrected chi connectivity index (χ4v) is 4.05. The zero-order valence-electron chi connectivity index (χ0n) is 18.4. The van der Waals surface area contributed by atoms with E-state index in [2.05, 4.69) is 25.5 Å². The van der Waals surface area contributed by atoms with Crippen LogP contribution in [0.1, 0.15) is 12.8 Å². The Balaban J connectivity index is 1.51. The predicted molar refractivity (Wildman–Crippen MR) is 129 cm³/mol. The number of piperidine rings is 1. The number of anilines is 5. The molecule has 0 amide bonds. The average molecular weight is 463 g/mol. The molecule has 0 bridgehead atoms. The van der Waals surface area contributed by atoms with E-state index in [1.54, 1.807) is 30.5 Å². The van der Waals surface area contributed by atoms with Crippen molar-refractivity contribution in [3.05, 3.63) is 72.4 Å². The largest absolute Gasteiger partial charge is 0.396 e. The number of hydrogen-bond acceptors (Lipinski definition) is 7. The van der Waals surface area contributed by atoms with E-state index in [9.17, 15) is 13.9 Å². The summed E-state index contributed by atoms with van der Waals surface area (Å²) >= 11 is 0. The van der Waals surface area contributed by atoms with Crippen LogP contribution in [0.2, 0.25) is 0 Å². The van der Waals surface area contributed by atoms with Crippen LogP contribution in [0.15, 0.2) is 60.8 Å². The summed E-state index contributed by atoms with van der Waals surface area (Å²) in [6, 6.07) is 14.0. The van der Waals surface area contributed by atoms with Gasteiger partial charge in [-0.05, 0) is 73.4 Å². The van der Waals surface area contributed by atoms with Gasteiger partial charge in [-0.25, -0.2) is 18.7 Å². The Kier molecular flexibility index (Phi) is 6.18. The van der Waals surface area contributed by atoms with E-state index in [0.717, 1.165) is 37.1 Å². The molecule has 34 heavy (non-hydrogen) atoms.